The molecule has 4 nitrogen and oxygen atoms in total. The Bertz CT molecular complexity index is 238. The Hall–Kier alpha value is -0.610. The number of carbonyl (C=O) groups is 1. The maximum atomic E-state index is 10.5. The van der Waals surface area contributed by atoms with Crippen LogP contribution in [0.1, 0.15) is 25.7 Å². The van der Waals surface area contributed by atoms with Gasteiger partial charge in [0.15, 0.2) is 6.10 Å². The summed E-state index contributed by atoms with van der Waals surface area (Å²) in [6, 6.07) is 0. The number of aliphatic hydroxyl groups excluding tert-OH is 1. The molecule has 0 aromatic carbocycles. The number of likely N-dealkylation sites (tertiary alicyclic amines) is 1. The molecule has 1 unspecified atom stereocenters. The maximum Gasteiger partial charge on any atom is 0.333 e. The van der Waals surface area contributed by atoms with E-state index in [9.17, 15) is 9.90 Å². The Morgan fingerprint density at radius 3 is 2.57 bits per heavy atom. The highest BCUT2D eigenvalue weighted by atomic mass is 16.4. The first-order valence-electron chi connectivity index (χ1n) is 5.25. The minimum atomic E-state index is -1.22. The first-order valence-corrected chi connectivity index (χ1v) is 5.25. The Balaban J connectivity index is 1.81. The number of aliphatic hydroxyl groups is 1. The van der Waals surface area contributed by atoms with Crippen LogP contribution >= 0.6 is 0 Å². The van der Waals surface area contributed by atoms with Crippen LogP contribution in [-0.4, -0.2) is 46.8 Å². The van der Waals surface area contributed by atoms with Crippen molar-refractivity contribution in [3.05, 3.63) is 0 Å². The van der Waals surface area contributed by atoms with Crippen molar-refractivity contribution in [2.45, 2.75) is 31.8 Å². The first kappa shape index (κ1) is 9.93. The normalized spacial score (nSPS) is 27.5. The zero-order chi connectivity index (χ0) is 10.2. The molecule has 1 atom stereocenters. The van der Waals surface area contributed by atoms with Gasteiger partial charge in [0.2, 0.25) is 0 Å². The minimum absolute atomic E-state index is 0.289. The molecule has 2 N–H and O–H groups in total. The molecule has 14 heavy (non-hydrogen) atoms. The molecule has 1 saturated carbocycles. The molecular weight excluding hydrogens is 182 g/mol. The Labute approximate surface area is 83.5 Å². The highest BCUT2D eigenvalue weighted by molar-refractivity contribution is 5.72. The molecule has 1 spiro atoms. The lowest BCUT2D eigenvalue weighted by atomic mass is 9.68. The van der Waals surface area contributed by atoms with E-state index in [0.717, 1.165) is 13.1 Å². The summed E-state index contributed by atoms with van der Waals surface area (Å²) in [5.74, 6) is -1.11. The van der Waals surface area contributed by atoms with Crippen molar-refractivity contribution in [1.82, 2.24) is 4.90 Å². The number of carboxylic acids is 1. The molecular formula is C10H17NO3. The van der Waals surface area contributed by atoms with Gasteiger partial charge in [0.1, 0.15) is 0 Å². The van der Waals surface area contributed by atoms with Crippen molar-refractivity contribution in [3.63, 3.8) is 0 Å². The van der Waals surface area contributed by atoms with E-state index in [1.807, 2.05) is 0 Å². The standard InChI is InChI=1S/C10H17NO3/c12-8(9(13)14)6-11-5-4-10(7-11)2-1-3-10/h8,12H,1-7H2,(H,13,14). The van der Waals surface area contributed by atoms with Crippen LogP contribution in [0.3, 0.4) is 0 Å². The summed E-state index contributed by atoms with van der Waals surface area (Å²) in [5.41, 5.74) is 0.484. The summed E-state index contributed by atoms with van der Waals surface area (Å²) in [6.45, 7) is 2.22. The molecule has 0 aromatic heterocycles. The number of nitrogens with zero attached hydrogens (tertiary/aromatic N) is 1. The lowest BCUT2D eigenvalue weighted by molar-refractivity contribution is -0.147. The topological polar surface area (TPSA) is 60.8 Å². The summed E-state index contributed by atoms with van der Waals surface area (Å²) < 4.78 is 0. The van der Waals surface area contributed by atoms with Gasteiger partial charge in [-0.2, -0.15) is 0 Å². The third kappa shape index (κ3) is 1.77. The Morgan fingerprint density at radius 2 is 2.14 bits per heavy atom. The van der Waals surface area contributed by atoms with E-state index in [-0.39, 0.29) is 6.54 Å². The maximum absolute atomic E-state index is 10.5. The lowest BCUT2D eigenvalue weighted by Gasteiger charge is -2.38. The summed E-state index contributed by atoms with van der Waals surface area (Å²) >= 11 is 0. The zero-order valence-electron chi connectivity index (χ0n) is 8.28. The second kappa shape index (κ2) is 3.51. The van der Waals surface area contributed by atoms with Crippen molar-refractivity contribution in [2.24, 2.45) is 5.41 Å². The predicted octanol–water partition coefficient (Wildman–Crippen LogP) is 0.308. The van der Waals surface area contributed by atoms with Gasteiger partial charge >= 0.3 is 5.97 Å². The first-order chi connectivity index (χ1) is 6.61. The van der Waals surface area contributed by atoms with Crippen molar-refractivity contribution in [3.8, 4) is 0 Å². The number of carboxylic acid groups (broad SMARTS) is 1. The number of aliphatic carboxylic acids is 1. The van der Waals surface area contributed by atoms with Crippen molar-refractivity contribution in [1.29, 1.82) is 0 Å². The number of hydrogen-bond donors (Lipinski definition) is 2. The van der Waals surface area contributed by atoms with E-state index in [1.165, 1.54) is 25.7 Å². The molecule has 2 aliphatic rings. The highest BCUT2D eigenvalue weighted by Gasteiger charge is 2.43. The fraction of sp³-hybridized carbons (Fsp3) is 0.900. The Kier molecular flexibility index (Phi) is 2.49. The van der Waals surface area contributed by atoms with E-state index in [4.69, 9.17) is 5.11 Å². The van der Waals surface area contributed by atoms with Crippen molar-refractivity contribution >= 4 is 5.97 Å². The van der Waals surface area contributed by atoms with Crippen LogP contribution in [0, 0.1) is 5.41 Å². The van der Waals surface area contributed by atoms with Gasteiger partial charge in [0.05, 0.1) is 0 Å². The summed E-state index contributed by atoms with van der Waals surface area (Å²) in [5, 5.41) is 17.8. The van der Waals surface area contributed by atoms with Gasteiger partial charge in [-0.05, 0) is 31.2 Å². The summed E-state index contributed by atoms with van der Waals surface area (Å²) in [6.07, 6.45) is 3.85. The second-order valence-electron chi connectivity index (χ2n) is 4.69. The van der Waals surface area contributed by atoms with Gasteiger partial charge in [-0.25, -0.2) is 4.79 Å². The third-order valence-electron chi connectivity index (χ3n) is 3.65. The van der Waals surface area contributed by atoms with E-state index in [0.29, 0.717) is 5.41 Å². The van der Waals surface area contributed by atoms with Crippen LogP contribution in [0.4, 0.5) is 0 Å². The van der Waals surface area contributed by atoms with Crippen LogP contribution < -0.4 is 0 Å². The highest BCUT2D eigenvalue weighted by Crippen LogP contribution is 2.47. The molecule has 2 rings (SSSR count). The molecule has 1 aliphatic carbocycles. The quantitative estimate of drug-likeness (QED) is 0.686. The van der Waals surface area contributed by atoms with E-state index >= 15 is 0 Å². The SMILES string of the molecule is O=C(O)C(O)CN1CCC2(CCC2)C1. The van der Waals surface area contributed by atoms with E-state index < -0.39 is 12.1 Å². The molecule has 1 saturated heterocycles. The lowest BCUT2D eigenvalue weighted by Crippen LogP contribution is -2.38. The monoisotopic (exact) mass is 199 g/mol. The van der Waals surface area contributed by atoms with Gasteiger partial charge in [0.25, 0.3) is 0 Å². The molecule has 1 aliphatic heterocycles. The van der Waals surface area contributed by atoms with Gasteiger partial charge in [0, 0.05) is 13.1 Å². The molecule has 80 valence electrons. The van der Waals surface area contributed by atoms with Crippen LogP contribution in [0.25, 0.3) is 0 Å². The Morgan fingerprint density at radius 1 is 1.43 bits per heavy atom. The predicted molar refractivity (Wildman–Crippen MR) is 51.0 cm³/mol. The van der Waals surface area contributed by atoms with E-state index in [2.05, 4.69) is 4.90 Å². The van der Waals surface area contributed by atoms with Crippen LogP contribution in [0.15, 0.2) is 0 Å². The average molecular weight is 199 g/mol. The largest absolute Gasteiger partial charge is 0.479 e. The van der Waals surface area contributed by atoms with Crippen molar-refractivity contribution in [2.75, 3.05) is 19.6 Å². The molecule has 1 heterocycles. The molecule has 2 fully saturated rings. The number of hydrogen-bond acceptors (Lipinski definition) is 3. The van der Waals surface area contributed by atoms with Crippen LogP contribution in [-0.2, 0) is 4.79 Å². The van der Waals surface area contributed by atoms with E-state index in [1.54, 1.807) is 0 Å². The fourth-order valence-corrected chi connectivity index (χ4v) is 2.59. The number of rotatable bonds is 3. The fourth-order valence-electron chi connectivity index (χ4n) is 2.59. The van der Waals surface area contributed by atoms with Gasteiger partial charge < -0.3 is 10.2 Å². The molecule has 4 heteroatoms. The van der Waals surface area contributed by atoms with Gasteiger partial charge in [-0.1, -0.05) is 6.42 Å². The van der Waals surface area contributed by atoms with Gasteiger partial charge in [-0.15, -0.1) is 0 Å². The average Bonchev–Trinajstić information content (AvgIpc) is 2.47. The van der Waals surface area contributed by atoms with Crippen molar-refractivity contribution < 1.29 is 15.0 Å². The zero-order valence-corrected chi connectivity index (χ0v) is 8.28. The third-order valence-corrected chi connectivity index (χ3v) is 3.65. The molecule has 0 amide bonds. The van der Waals surface area contributed by atoms with Gasteiger partial charge in [-0.3, -0.25) is 4.90 Å². The van der Waals surface area contributed by atoms with Crippen LogP contribution in [0.5, 0.6) is 0 Å². The minimum Gasteiger partial charge on any atom is -0.479 e. The van der Waals surface area contributed by atoms with Crippen LogP contribution in [0.2, 0.25) is 0 Å². The summed E-state index contributed by atoms with van der Waals surface area (Å²) in [7, 11) is 0. The second-order valence-corrected chi connectivity index (χ2v) is 4.69. The molecule has 0 aromatic rings. The summed E-state index contributed by atoms with van der Waals surface area (Å²) in [4.78, 5) is 12.5. The smallest absolute Gasteiger partial charge is 0.333 e. The molecule has 0 radical (unpaired) electrons. The molecule has 0 bridgehead atoms. The number of β-amino-alcohol motifs (C(OH)–C–C–N with tert-alkyl or cyclic N) is 1.